The monoisotopic (exact) mass is 371 g/mol. The van der Waals surface area contributed by atoms with E-state index in [-0.39, 0.29) is 11.9 Å². The predicted octanol–water partition coefficient (Wildman–Crippen LogP) is 4.23. The van der Waals surface area contributed by atoms with E-state index < -0.39 is 0 Å². The zero-order valence-electron chi connectivity index (χ0n) is 10.0. The van der Waals surface area contributed by atoms with Crippen LogP contribution in [0.15, 0.2) is 41.8 Å². The van der Waals surface area contributed by atoms with Crippen LogP contribution in [0.5, 0.6) is 0 Å². The molecule has 1 heterocycles. The van der Waals surface area contributed by atoms with Crippen molar-refractivity contribution in [1.29, 1.82) is 0 Å². The summed E-state index contributed by atoms with van der Waals surface area (Å²) in [4.78, 5) is 12.1. The molecule has 0 fully saturated rings. The number of halogens is 1. The van der Waals surface area contributed by atoms with Gasteiger partial charge in [-0.05, 0) is 40.6 Å². The van der Waals surface area contributed by atoms with E-state index in [4.69, 9.17) is 0 Å². The second-order valence-electron chi connectivity index (χ2n) is 3.98. The first-order valence-corrected chi connectivity index (χ1v) is 7.76. The SMILES string of the molecule is CCC(NC(=O)c1csc(I)c1)c1ccccc1. The second-order valence-corrected chi connectivity index (χ2v) is 6.79. The molecule has 0 aliphatic carbocycles. The minimum Gasteiger partial charge on any atom is -0.345 e. The molecule has 1 aromatic heterocycles. The highest BCUT2D eigenvalue weighted by molar-refractivity contribution is 14.1. The Hall–Kier alpha value is -0.880. The van der Waals surface area contributed by atoms with Crippen LogP contribution in [0.1, 0.15) is 35.3 Å². The van der Waals surface area contributed by atoms with Gasteiger partial charge >= 0.3 is 0 Å². The molecule has 1 aromatic carbocycles. The van der Waals surface area contributed by atoms with Gasteiger partial charge in [0.25, 0.3) is 5.91 Å². The zero-order chi connectivity index (χ0) is 13.0. The first-order valence-electron chi connectivity index (χ1n) is 5.80. The summed E-state index contributed by atoms with van der Waals surface area (Å²) in [6, 6.07) is 12.1. The average Bonchev–Trinajstić information content (AvgIpc) is 2.83. The number of hydrogen-bond donors (Lipinski definition) is 1. The Morgan fingerprint density at radius 1 is 1.39 bits per heavy atom. The summed E-state index contributed by atoms with van der Waals surface area (Å²) >= 11 is 3.82. The number of hydrogen-bond acceptors (Lipinski definition) is 2. The van der Waals surface area contributed by atoms with E-state index in [0.29, 0.717) is 0 Å². The fourth-order valence-corrected chi connectivity index (χ4v) is 3.10. The maximum atomic E-state index is 12.1. The molecule has 1 N–H and O–H groups in total. The molecule has 94 valence electrons. The van der Waals surface area contributed by atoms with Crippen LogP contribution in [0.2, 0.25) is 0 Å². The Bertz CT molecular complexity index is 524. The molecule has 2 nitrogen and oxygen atoms in total. The molecule has 0 saturated carbocycles. The van der Waals surface area contributed by atoms with Gasteiger partial charge in [0.15, 0.2) is 0 Å². The third-order valence-corrected chi connectivity index (χ3v) is 4.53. The molecule has 1 unspecified atom stereocenters. The third kappa shape index (κ3) is 3.32. The Morgan fingerprint density at radius 3 is 2.67 bits per heavy atom. The highest BCUT2D eigenvalue weighted by Gasteiger charge is 2.14. The lowest BCUT2D eigenvalue weighted by molar-refractivity contribution is 0.0936. The topological polar surface area (TPSA) is 29.1 Å². The summed E-state index contributed by atoms with van der Waals surface area (Å²) in [6.07, 6.45) is 0.886. The Morgan fingerprint density at radius 2 is 2.11 bits per heavy atom. The van der Waals surface area contributed by atoms with Gasteiger partial charge in [0.05, 0.1) is 14.5 Å². The van der Waals surface area contributed by atoms with Crippen molar-refractivity contribution >= 4 is 39.8 Å². The van der Waals surface area contributed by atoms with Crippen LogP contribution in [0, 0.1) is 2.88 Å². The van der Waals surface area contributed by atoms with E-state index in [1.807, 2.05) is 41.8 Å². The molecule has 0 saturated heterocycles. The lowest BCUT2D eigenvalue weighted by Crippen LogP contribution is -2.27. The van der Waals surface area contributed by atoms with Crippen molar-refractivity contribution in [3.8, 4) is 0 Å². The maximum Gasteiger partial charge on any atom is 0.252 e. The summed E-state index contributed by atoms with van der Waals surface area (Å²) in [5.41, 5.74) is 1.90. The number of amides is 1. The molecular weight excluding hydrogens is 357 g/mol. The van der Waals surface area contributed by atoms with Crippen molar-refractivity contribution < 1.29 is 4.79 Å². The van der Waals surface area contributed by atoms with Crippen molar-refractivity contribution in [2.75, 3.05) is 0 Å². The van der Waals surface area contributed by atoms with Gasteiger partial charge in [-0.2, -0.15) is 0 Å². The quantitative estimate of drug-likeness (QED) is 0.801. The predicted molar refractivity (Wildman–Crippen MR) is 84.0 cm³/mol. The highest BCUT2D eigenvalue weighted by Crippen LogP contribution is 2.20. The lowest BCUT2D eigenvalue weighted by Gasteiger charge is -2.16. The fourth-order valence-electron chi connectivity index (χ4n) is 1.78. The smallest absolute Gasteiger partial charge is 0.252 e. The molecule has 0 aliphatic rings. The van der Waals surface area contributed by atoms with E-state index in [1.165, 1.54) is 0 Å². The first-order chi connectivity index (χ1) is 8.70. The van der Waals surface area contributed by atoms with Gasteiger partial charge in [-0.3, -0.25) is 4.79 Å². The average molecular weight is 371 g/mol. The maximum absolute atomic E-state index is 12.1. The summed E-state index contributed by atoms with van der Waals surface area (Å²) in [7, 11) is 0. The number of carbonyl (C=O) groups excluding carboxylic acids is 1. The lowest BCUT2D eigenvalue weighted by atomic mass is 10.0. The molecule has 0 spiro atoms. The van der Waals surface area contributed by atoms with Crippen LogP contribution in [-0.2, 0) is 0 Å². The highest BCUT2D eigenvalue weighted by atomic mass is 127. The van der Waals surface area contributed by atoms with Crippen LogP contribution in [0.3, 0.4) is 0 Å². The van der Waals surface area contributed by atoms with E-state index in [0.717, 1.165) is 20.4 Å². The summed E-state index contributed by atoms with van der Waals surface area (Å²) in [5, 5.41) is 4.97. The van der Waals surface area contributed by atoms with Gasteiger partial charge in [-0.1, -0.05) is 37.3 Å². The molecule has 1 amide bonds. The molecule has 18 heavy (non-hydrogen) atoms. The summed E-state index contributed by atoms with van der Waals surface area (Å²) in [6.45, 7) is 2.08. The first kappa shape index (κ1) is 13.5. The summed E-state index contributed by atoms with van der Waals surface area (Å²) in [5.74, 6) is 0.00451. The number of nitrogens with one attached hydrogen (secondary N) is 1. The molecule has 2 aromatic rings. The fraction of sp³-hybridized carbons (Fsp3) is 0.214. The van der Waals surface area contributed by atoms with Crippen LogP contribution in [0.25, 0.3) is 0 Å². The van der Waals surface area contributed by atoms with E-state index in [2.05, 4.69) is 34.8 Å². The minimum absolute atomic E-state index is 0.00451. The molecule has 2 rings (SSSR count). The Labute approximate surface area is 125 Å². The van der Waals surface area contributed by atoms with Crippen LogP contribution < -0.4 is 5.32 Å². The van der Waals surface area contributed by atoms with E-state index in [9.17, 15) is 4.79 Å². The third-order valence-electron chi connectivity index (χ3n) is 2.75. The van der Waals surface area contributed by atoms with Crippen LogP contribution in [-0.4, -0.2) is 5.91 Å². The van der Waals surface area contributed by atoms with Gasteiger partial charge in [-0.15, -0.1) is 11.3 Å². The van der Waals surface area contributed by atoms with Gasteiger partial charge < -0.3 is 5.32 Å². The van der Waals surface area contributed by atoms with Gasteiger partial charge in [0.1, 0.15) is 0 Å². The Balaban J connectivity index is 2.10. The Kier molecular flexibility index (Phi) is 4.77. The number of carbonyl (C=O) groups is 1. The van der Waals surface area contributed by atoms with Crippen molar-refractivity contribution in [3.63, 3.8) is 0 Å². The zero-order valence-corrected chi connectivity index (χ0v) is 13.0. The van der Waals surface area contributed by atoms with Crippen LogP contribution >= 0.6 is 33.9 Å². The van der Waals surface area contributed by atoms with Crippen molar-refractivity contribution in [1.82, 2.24) is 5.32 Å². The molecule has 0 bridgehead atoms. The van der Waals surface area contributed by atoms with Gasteiger partial charge in [0.2, 0.25) is 0 Å². The second kappa shape index (κ2) is 6.33. The van der Waals surface area contributed by atoms with Crippen molar-refractivity contribution in [2.45, 2.75) is 19.4 Å². The van der Waals surface area contributed by atoms with Gasteiger partial charge in [0, 0.05) is 5.38 Å². The molecule has 1 atom stereocenters. The number of benzene rings is 1. The number of thiophene rings is 1. The largest absolute Gasteiger partial charge is 0.345 e. The van der Waals surface area contributed by atoms with E-state index >= 15 is 0 Å². The van der Waals surface area contributed by atoms with Crippen LogP contribution in [0.4, 0.5) is 0 Å². The normalized spacial score (nSPS) is 12.1. The molecular formula is C14H14INOS. The minimum atomic E-state index is 0.00451. The molecule has 0 aliphatic heterocycles. The molecule has 0 radical (unpaired) electrons. The summed E-state index contributed by atoms with van der Waals surface area (Å²) < 4.78 is 1.13. The van der Waals surface area contributed by atoms with E-state index in [1.54, 1.807) is 11.3 Å². The number of rotatable bonds is 4. The van der Waals surface area contributed by atoms with Crippen molar-refractivity contribution in [2.24, 2.45) is 0 Å². The van der Waals surface area contributed by atoms with Crippen molar-refractivity contribution in [3.05, 3.63) is 55.8 Å². The standard InChI is InChI=1S/C14H14INOS/c1-2-12(10-6-4-3-5-7-10)16-14(17)11-8-13(15)18-9-11/h3-9,12H,2H2,1H3,(H,16,17). The van der Waals surface area contributed by atoms with Gasteiger partial charge in [-0.25, -0.2) is 0 Å². The molecule has 4 heteroatoms.